The Balaban J connectivity index is 0.781. The Labute approximate surface area is 461 Å². The largest absolute Gasteiger partial charge is 0.486 e. The van der Waals surface area contributed by atoms with Crippen LogP contribution in [0.15, 0.2) is 91.6 Å². The first-order chi connectivity index (χ1) is 39.1. The molecule has 80 heavy (non-hydrogen) atoms. The highest BCUT2D eigenvalue weighted by Gasteiger charge is 2.42. The van der Waals surface area contributed by atoms with E-state index in [1.807, 2.05) is 69.3 Å². The third-order valence-corrected chi connectivity index (χ3v) is 16.7. The number of carbonyl (C=O) groups excluding carboxylic acids is 2. The van der Waals surface area contributed by atoms with Gasteiger partial charge in [-0.05, 0) is 85.3 Å². The number of aromatic nitrogens is 9. The molecule has 5 fully saturated rings. The van der Waals surface area contributed by atoms with Crippen LogP contribution in [-0.2, 0) is 20.9 Å². The zero-order valence-corrected chi connectivity index (χ0v) is 45.0. The van der Waals surface area contributed by atoms with E-state index in [1.54, 1.807) is 40.6 Å². The van der Waals surface area contributed by atoms with Gasteiger partial charge in [0.2, 0.25) is 11.8 Å². The van der Waals surface area contributed by atoms with E-state index < -0.39 is 18.1 Å². The van der Waals surface area contributed by atoms with E-state index in [0.29, 0.717) is 72.4 Å². The van der Waals surface area contributed by atoms with Crippen LogP contribution in [-0.4, -0.2) is 131 Å². The molecule has 13 rings (SSSR count). The fourth-order valence-corrected chi connectivity index (χ4v) is 12.3. The maximum absolute atomic E-state index is 16.1. The molecule has 8 aromatic rings. The Morgan fingerprint density at radius 2 is 1.74 bits per heavy atom. The first kappa shape index (κ1) is 51.5. The van der Waals surface area contributed by atoms with Gasteiger partial charge in [0.15, 0.2) is 5.75 Å². The summed E-state index contributed by atoms with van der Waals surface area (Å²) in [5, 5.41) is 35.2. The van der Waals surface area contributed by atoms with Crippen molar-refractivity contribution in [3.8, 4) is 45.4 Å². The van der Waals surface area contributed by atoms with Crippen LogP contribution in [0.4, 0.5) is 10.2 Å². The summed E-state index contributed by atoms with van der Waals surface area (Å²) < 4.78 is 37.2. The number of piperazine rings is 1. The summed E-state index contributed by atoms with van der Waals surface area (Å²) in [7, 11) is 0. The van der Waals surface area contributed by atoms with Gasteiger partial charge in [-0.2, -0.15) is 15.1 Å². The molecule has 1 saturated carbocycles. The molecule has 0 radical (unpaired) electrons. The molecule has 4 aromatic carbocycles. The molecule has 19 nitrogen and oxygen atoms in total. The van der Waals surface area contributed by atoms with Crippen molar-refractivity contribution in [3.63, 3.8) is 0 Å². The number of aromatic amines is 1. The molecule has 4 aliphatic heterocycles. The third-order valence-electron chi connectivity index (χ3n) is 16.7. The lowest BCUT2D eigenvalue weighted by Gasteiger charge is -2.31. The van der Waals surface area contributed by atoms with Crippen molar-refractivity contribution in [2.75, 3.05) is 44.4 Å². The minimum Gasteiger partial charge on any atom is -0.486 e. The van der Waals surface area contributed by atoms with E-state index in [2.05, 4.69) is 52.1 Å². The number of benzene rings is 4. The molecular formula is C60H64FN13O6. The molecule has 5 atom stereocenters. The van der Waals surface area contributed by atoms with Gasteiger partial charge in [-0.1, -0.05) is 67.6 Å². The number of anilines is 1. The van der Waals surface area contributed by atoms with Gasteiger partial charge in [-0.3, -0.25) is 24.7 Å². The normalized spacial score (nSPS) is 20.1. The second-order valence-corrected chi connectivity index (χ2v) is 22.3. The number of nitrogens with one attached hydrogen (secondary N) is 3. The van der Waals surface area contributed by atoms with Crippen molar-refractivity contribution >= 4 is 39.4 Å². The minimum absolute atomic E-state index is 0.108. The molecule has 0 spiro atoms. The SMILES string of the molecule is Cc1c(F)cc2[nH]ncc2c1-c1c(C2CC2)cc2c(N3CC4CC3CN4)nc(OC3CCOCC3)nc2c1OCc1ccc(-c2cn(C(C(=O)N3CCCC3C(=O)NC(CO)c3ccc(-c4cnccn4)cc3)C(C)C)nn2)cc1. The molecule has 5 aliphatic rings. The predicted molar refractivity (Wildman–Crippen MR) is 297 cm³/mol. The smallest absolute Gasteiger partial charge is 0.319 e. The summed E-state index contributed by atoms with van der Waals surface area (Å²) in [4.78, 5) is 51.5. The number of rotatable bonds is 17. The number of H-pyrrole nitrogens is 1. The van der Waals surface area contributed by atoms with Gasteiger partial charge in [0.25, 0.3) is 0 Å². The number of halogens is 1. The lowest BCUT2D eigenvalue weighted by molar-refractivity contribution is -0.142. The lowest BCUT2D eigenvalue weighted by Crippen LogP contribution is -2.50. The van der Waals surface area contributed by atoms with E-state index in [1.165, 1.54) is 6.07 Å². The molecule has 5 unspecified atom stereocenters. The van der Waals surface area contributed by atoms with Crippen LogP contribution < -0.4 is 25.0 Å². The second kappa shape index (κ2) is 21.6. The Hall–Kier alpha value is -7.94. The van der Waals surface area contributed by atoms with Gasteiger partial charge in [0, 0.05) is 90.0 Å². The molecule has 20 heteroatoms. The number of hydrogen-bond donors (Lipinski definition) is 4. The van der Waals surface area contributed by atoms with Crippen LogP contribution in [0.3, 0.4) is 0 Å². The van der Waals surface area contributed by atoms with Crippen molar-refractivity contribution < 1.29 is 33.3 Å². The fraction of sp³-hybridized carbons (Fsp3) is 0.417. The van der Waals surface area contributed by atoms with Crippen LogP contribution in [0.5, 0.6) is 11.8 Å². The number of aliphatic hydroxyl groups excluding tert-OH is 1. The van der Waals surface area contributed by atoms with Gasteiger partial charge < -0.3 is 39.8 Å². The maximum Gasteiger partial charge on any atom is 0.319 e. The number of likely N-dealkylation sites (tertiary alicyclic amines) is 1. The molecule has 2 bridgehead atoms. The Bertz CT molecular complexity index is 3590. The van der Waals surface area contributed by atoms with Crippen molar-refractivity contribution in [2.45, 2.75) is 115 Å². The van der Waals surface area contributed by atoms with Crippen molar-refractivity contribution in [2.24, 2.45) is 5.92 Å². The summed E-state index contributed by atoms with van der Waals surface area (Å²) in [5.41, 5.74) is 8.81. The van der Waals surface area contributed by atoms with Crippen LogP contribution in [0.25, 0.3) is 55.4 Å². The van der Waals surface area contributed by atoms with Crippen LogP contribution in [0.2, 0.25) is 0 Å². The van der Waals surface area contributed by atoms with Crippen molar-refractivity contribution in [1.29, 1.82) is 0 Å². The average Bonchev–Trinajstić information content (AvgIpc) is 4.21. The zero-order chi connectivity index (χ0) is 54.6. The average molecular weight is 1080 g/mol. The third kappa shape index (κ3) is 9.86. The van der Waals surface area contributed by atoms with E-state index >= 15 is 4.39 Å². The number of nitrogens with zero attached hydrogens (tertiary/aromatic N) is 10. The highest BCUT2D eigenvalue weighted by atomic mass is 19.1. The summed E-state index contributed by atoms with van der Waals surface area (Å²) in [6.45, 7) is 8.86. The molecule has 2 amide bonds. The molecule has 4 N–H and O–H groups in total. The second-order valence-electron chi connectivity index (χ2n) is 22.3. The fourth-order valence-electron chi connectivity index (χ4n) is 12.3. The first-order valence-corrected chi connectivity index (χ1v) is 28.0. The van der Waals surface area contributed by atoms with Crippen molar-refractivity contribution in [3.05, 3.63) is 120 Å². The van der Waals surface area contributed by atoms with Crippen LogP contribution >= 0.6 is 0 Å². The van der Waals surface area contributed by atoms with Crippen LogP contribution in [0.1, 0.15) is 99.0 Å². The number of hydrogen-bond acceptors (Lipinski definition) is 15. The summed E-state index contributed by atoms with van der Waals surface area (Å²) in [5.74, 6) is 0.510. The minimum atomic E-state index is -0.732. The van der Waals surface area contributed by atoms with Gasteiger partial charge in [-0.25, -0.2) is 9.07 Å². The maximum atomic E-state index is 16.1. The van der Waals surface area contributed by atoms with Crippen LogP contribution in [0, 0.1) is 18.7 Å². The molecule has 1 aliphatic carbocycles. The van der Waals surface area contributed by atoms with E-state index in [0.717, 1.165) is 101 Å². The molecule has 8 heterocycles. The first-order valence-electron chi connectivity index (χ1n) is 28.0. The summed E-state index contributed by atoms with van der Waals surface area (Å²) in [6, 6.07) is 17.9. The monoisotopic (exact) mass is 1080 g/mol. The topological polar surface area (TPSA) is 224 Å². The van der Waals surface area contributed by atoms with Crippen molar-refractivity contribution in [1.82, 2.24) is 60.7 Å². The molecule has 412 valence electrons. The Kier molecular flexibility index (Phi) is 13.9. The highest BCUT2D eigenvalue weighted by molar-refractivity contribution is 6.06. The number of amides is 2. The molecule has 4 saturated heterocycles. The van der Waals surface area contributed by atoms with E-state index in [9.17, 15) is 14.7 Å². The number of ether oxygens (including phenoxy) is 3. The van der Waals surface area contributed by atoms with Gasteiger partial charge in [-0.15, -0.1) is 5.10 Å². The number of aliphatic hydroxyl groups is 1. The Morgan fingerprint density at radius 3 is 2.46 bits per heavy atom. The van der Waals surface area contributed by atoms with E-state index in [-0.39, 0.29) is 60.8 Å². The van der Waals surface area contributed by atoms with Gasteiger partial charge >= 0.3 is 6.01 Å². The van der Waals surface area contributed by atoms with E-state index in [4.69, 9.17) is 24.2 Å². The van der Waals surface area contributed by atoms with Gasteiger partial charge in [0.05, 0.1) is 55.7 Å². The summed E-state index contributed by atoms with van der Waals surface area (Å²) in [6.07, 6.45) is 14.0. The predicted octanol–water partition coefficient (Wildman–Crippen LogP) is 7.94. The number of carbonyl (C=O) groups is 2. The summed E-state index contributed by atoms with van der Waals surface area (Å²) >= 11 is 0. The highest BCUT2D eigenvalue weighted by Crippen LogP contribution is 2.53. The Morgan fingerprint density at radius 1 is 0.938 bits per heavy atom. The number of fused-ring (bicyclic) bond motifs is 4. The lowest BCUT2D eigenvalue weighted by atomic mass is 9.88. The van der Waals surface area contributed by atoms with Gasteiger partial charge in [0.1, 0.15) is 47.6 Å². The quantitative estimate of drug-likeness (QED) is 0.0680. The zero-order valence-electron chi connectivity index (χ0n) is 45.0. The molecule has 4 aromatic heterocycles. The standard InChI is InChI=1S/C60H64FN13O6/c1-33(2)55(59(77)72-20-4-5-51(72)58(76)66-50(31-75)39-14-12-37(13-15-39)48-28-62-18-19-63-48)74-30-49(70-71-74)38-8-6-35(7-9-38)32-79-56-53(52-34(3)46(61)25-47-45(52)27-65-69-47)43(36-10-11-36)24-44-54(56)67-60(80-42-16-21-78-22-17-42)68-57(44)73-29-40-23-41(73)26-64-40/h6-9,12-15,18-19,24-25,27-28,30,33,36,40-42,50-51,55,64,75H,4-5,10-11,16-17,20-23,26,29,31-32H2,1-3H3,(H,65,69)(H,66,76). The molecular weight excluding hydrogens is 1020 g/mol.